The predicted molar refractivity (Wildman–Crippen MR) is 164 cm³/mol. The van der Waals surface area contributed by atoms with Crippen molar-refractivity contribution < 1.29 is 37.0 Å². The summed E-state index contributed by atoms with van der Waals surface area (Å²) in [7, 11) is 0. The number of ether oxygens (including phenoxy) is 3. The second kappa shape index (κ2) is 12.8. The first-order valence-corrected chi connectivity index (χ1v) is 14.6. The van der Waals surface area contributed by atoms with Crippen molar-refractivity contribution in [3.05, 3.63) is 113 Å². The Morgan fingerprint density at radius 3 is 2.36 bits per heavy atom. The molecule has 1 aliphatic rings. The SMILES string of the molecule is CC(C)(C)OC(C(=O)OCc1ccccc1)c1c(C(F)(F)F)ccc(-c2cccc(C(N)=O)c2)c1-c1ccc2c(c1)CCCO2. The monoisotopic (exact) mass is 617 g/mol. The average Bonchev–Trinajstić information content (AvgIpc) is 3.01. The number of amides is 1. The molecule has 1 amide bonds. The lowest BCUT2D eigenvalue weighted by Crippen LogP contribution is -2.31. The van der Waals surface area contributed by atoms with Crippen molar-refractivity contribution in [1.82, 2.24) is 0 Å². The molecule has 4 aromatic rings. The van der Waals surface area contributed by atoms with Crippen LogP contribution in [0.3, 0.4) is 0 Å². The number of alkyl halides is 3. The number of esters is 1. The molecule has 0 saturated heterocycles. The van der Waals surface area contributed by atoms with Crippen LogP contribution in [0, 0.1) is 0 Å². The number of carbonyl (C=O) groups is 2. The minimum atomic E-state index is -4.85. The molecular formula is C36H34F3NO5. The van der Waals surface area contributed by atoms with Crippen molar-refractivity contribution in [3.63, 3.8) is 0 Å². The van der Waals surface area contributed by atoms with E-state index in [9.17, 15) is 22.8 Å². The van der Waals surface area contributed by atoms with Crippen molar-refractivity contribution in [3.8, 4) is 28.0 Å². The Balaban J connectivity index is 1.80. The summed E-state index contributed by atoms with van der Waals surface area (Å²) in [6.45, 7) is 5.37. The average molecular weight is 618 g/mol. The summed E-state index contributed by atoms with van der Waals surface area (Å²) in [5.74, 6) is -1.000. The third-order valence-electron chi connectivity index (χ3n) is 7.38. The Bertz CT molecular complexity index is 1710. The highest BCUT2D eigenvalue weighted by atomic mass is 19.4. The van der Waals surface area contributed by atoms with Gasteiger partial charge < -0.3 is 19.9 Å². The van der Waals surface area contributed by atoms with Gasteiger partial charge in [-0.15, -0.1) is 0 Å². The molecule has 1 unspecified atom stereocenters. The summed E-state index contributed by atoms with van der Waals surface area (Å²) in [5, 5.41) is 0. The molecule has 5 rings (SSSR count). The van der Waals surface area contributed by atoms with Crippen LogP contribution in [-0.4, -0.2) is 24.1 Å². The number of aryl methyl sites for hydroxylation is 1. The second-order valence-corrected chi connectivity index (χ2v) is 11.9. The van der Waals surface area contributed by atoms with Crippen molar-refractivity contribution in [2.75, 3.05) is 6.61 Å². The number of hydrogen-bond acceptors (Lipinski definition) is 5. The molecule has 0 aromatic heterocycles. The highest BCUT2D eigenvalue weighted by Gasteiger charge is 2.42. The minimum absolute atomic E-state index is 0.130. The third-order valence-corrected chi connectivity index (χ3v) is 7.38. The number of hydrogen-bond donors (Lipinski definition) is 1. The Kier molecular flexibility index (Phi) is 9.02. The number of halogens is 3. The molecule has 1 aliphatic heterocycles. The Morgan fingerprint density at radius 2 is 1.67 bits per heavy atom. The van der Waals surface area contributed by atoms with E-state index in [0.29, 0.717) is 41.0 Å². The third kappa shape index (κ3) is 7.37. The van der Waals surface area contributed by atoms with Crippen LogP contribution < -0.4 is 10.5 Å². The molecule has 0 spiro atoms. The van der Waals surface area contributed by atoms with E-state index in [1.807, 2.05) is 0 Å². The molecular weight excluding hydrogens is 583 g/mol. The lowest BCUT2D eigenvalue weighted by atomic mass is 9.83. The van der Waals surface area contributed by atoms with E-state index < -0.39 is 35.3 Å². The highest BCUT2D eigenvalue weighted by molar-refractivity contribution is 5.96. The fraction of sp³-hybridized carbons (Fsp3) is 0.278. The first-order valence-electron chi connectivity index (χ1n) is 14.6. The van der Waals surface area contributed by atoms with Crippen molar-refractivity contribution in [2.24, 2.45) is 5.73 Å². The number of nitrogens with two attached hydrogens (primary N) is 1. The number of carbonyl (C=O) groups excluding carboxylic acids is 2. The zero-order valence-corrected chi connectivity index (χ0v) is 25.2. The number of primary amides is 1. The Labute approximate surface area is 259 Å². The summed E-state index contributed by atoms with van der Waals surface area (Å²) in [6.07, 6.45) is -5.19. The molecule has 1 atom stereocenters. The lowest BCUT2D eigenvalue weighted by Gasteiger charge is -2.31. The van der Waals surface area contributed by atoms with Crippen molar-refractivity contribution in [1.29, 1.82) is 0 Å². The molecule has 234 valence electrons. The van der Waals surface area contributed by atoms with Gasteiger partial charge in [0.15, 0.2) is 6.10 Å². The van der Waals surface area contributed by atoms with E-state index in [1.54, 1.807) is 81.4 Å². The number of benzene rings is 4. The van der Waals surface area contributed by atoms with Crippen LogP contribution >= 0.6 is 0 Å². The fourth-order valence-electron chi connectivity index (χ4n) is 5.43. The van der Waals surface area contributed by atoms with Gasteiger partial charge in [-0.1, -0.05) is 54.6 Å². The van der Waals surface area contributed by atoms with Gasteiger partial charge >= 0.3 is 12.1 Å². The van der Waals surface area contributed by atoms with Crippen LogP contribution in [0.1, 0.15) is 65.9 Å². The second-order valence-electron chi connectivity index (χ2n) is 11.9. The van der Waals surface area contributed by atoms with E-state index in [4.69, 9.17) is 19.9 Å². The fourth-order valence-corrected chi connectivity index (χ4v) is 5.43. The van der Waals surface area contributed by atoms with Gasteiger partial charge in [-0.05, 0) is 97.3 Å². The summed E-state index contributed by atoms with van der Waals surface area (Å²) >= 11 is 0. The summed E-state index contributed by atoms with van der Waals surface area (Å²) < 4.78 is 62.4. The van der Waals surface area contributed by atoms with Gasteiger partial charge in [0.25, 0.3) is 0 Å². The normalized spacial score (nSPS) is 13.8. The van der Waals surface area contributed by atoms with Crippen LogP contribution in [-0.2, 0) is 33.5 Å². The maximum absolute atomic E-state index is 14.9. The largest absolute Gasteiger partial charge is 0.493 e. The van der Waals surface area contributed by atoms with Crippen LogP contribution in [0.5, 0.6) is 5.75 Å². The van der Waals surface area contributed by atoms with Gasteiger partial charge in [-0.25, -0.2) is 4.79 Å². The van der Waals surface area contributed by atoms with Crippen LogP contribution in [0.25, 0.3) is 22.3 Å². The minimum Gasteiger partial charge on any atom is -0.493 e. The first kappa shape index (κ1) is 31.8. The van der Waals surface area contributed by atoms with Gasteiger partial charge in [-0.2, -0.15) is 13.2 Å². The molecule has 0 bridgehead atoms. The molecule has 2 N–H and O–H groups in total. The van der Waals surface area contributed by atoms with Crippen molar-refractivity contribution in [2.45, 2.75) is 58.1 Å². The predicted octanol–water partition coefficient (Wildman–Crippen LogP) is 8.06. The standard InChI is InChI=1S/C36H34F3NO5/c1-35(2,3)45-32(34(42)44-21-22-9-5-4-6-10-22)31-28(36(37,38)39)16-15-27(23-11-7-12-26(19-23)33(40)41)30(31)25-14-17-29-24(20-25)13-8-18-43-29/h4-7,9-12,14-17,19-20,32H,8,13,18,21H2,1-3H3,(H2,40,41). The zero-order valence-electron chi connectivity index (χ0n) is 25.2. The maximum Gasteiger partial charge on any atom is 0.416 e. The quantitative estimate of drug-likeness (QED) is 0.202. The molecule has 0 saturated carbocycles. The smallest absolute Gasteiger partial charge is 0.416 e. The topological polar surface area (TPSA) is 87.9 Å². The molecule has 45 heavy (non-hydrogen) atoms. The van der Waals surface area contributed by atoms with Gasteiger partial charge in [0, 0.05) is 11.1 Å². The molecule has 6 nitrogen and oxygen atoms in total. The van der Waals surface area contributed by atoms with Crippen LogP contribution in [0.2, 0.25) is 0 Å². The summed E-state index contributed by atoms with van der Waals surface area (Å²) in [6, 6.07) is 22.7. The van der Waals surface area contributed by atoms with Gasteiger partial charge in [-0.3, -0.25) is 4.79 Å². The Morgan fingerprint density at radius 1 is 0.911 bits per heavy atom. The maximum atomic E-state index is 14.9. The van der Waals surface area contributed by atoms with E-state index in [0.717, 1.165) is 18.1 Å². The zero-order chi connectivity index (χ0) is 32.4. The molecule has 0 radical (unpaired) electrons. The van der Waals surface area contributed by atoms with E-state index >= 15 is 0 Å². The first-order chi connectivity index (χ1) is 21.3. The lowest BCUT2D eigenvalue weighted by molar-refractivity contribution is -0.170. The summed E-state index contributed by atoms with van der Waals surface area (Å²) in [4.78, 5) is 26.0. The van der Waals surface area contributed by atoms with E-state index in [-0.39, 0.29) is 23.3 Å². The Hall–Kier alpha value is -4.63. The van der Waals surface area contributed by atoms with Crippen LogP contribution in [0.4, 0.5) is 13.2 Å². The highest BCUT2D eigenvalue weighted by Crippen LogP contribution is 2.47. The molecule has 0 fully saturated rings. The molecule has 4 aromatic carbocycles. The van der Waals surface area contributed by atoms with Crippen molar-refractivity contribution >= 4 is 11.9 Å². The van der Waals surface area contributed by atoms with Gasteiger partial charge in [0.1, 0.15) is 12.4 Å². The number of rotatable bonds is 8. The van der Waals surface area contributed by atoms with Gasteiger partial charge in [0.2, 0.25) is 5.91 Å². The summed E-state index contributed by atoms with van der Waals surface area (Å²) in [5.41, 5.74) is 6.14. The molecule has 9 heteroatoms. The molecule has 1 heterocycles. The number of fused-ring (bicyclic) bond motifs is 1. The molecule has 0 aliphatic carbocycles. The van der Waals surface area contributed by atoms with E-state index in [2.05, 4.69) is 0 Å². The van der Waals surface area contributed by atoms with Gasteiger partial charge in [0.05, 0.1) is 17.8 Å². The van der Waals surface area contributed by atoms with Crippen LogP contribution in [0.15, 0.2) is 84.9 Å². The van der Waals surface area contributed by atoms with E-state index in [1.165, 1.54) is 18.2 Å².